The molecule has 0 saturated heterocycles. The molecule has 2 aromatic rings. The van der Waals surface area contributed by atoms with Crippen molar-refractivity contribution in [2.45, 2.75) is 31.2 Å². The summed E-state index contributed by atoms with van der Waals surface area (Å²) >= 11 is 1.16. The van der Waals surface area contributed by atoms with E-state index in [4.69, 9.17) is 10.2 Å². The van der Waals surface area contributed by atoms with E-state index in [0.717, 1.165) is 41.7 Å². The summed E-state index contributed by atoms with van der Waals surface area (Å²) in [6, 6.07) is 5.93. The van der Waals surface area contributed by atoms with Crippen LogP contribution in [0.5, 0.6) is 0 Å². The second kappa shape index (κ2) is 3.43. The number of hydrogen-bond acceptors (Lipinski definition) is 4. The molecule has 0 bridgehead atoms. The van der Waals surface area contributed by atoms with Crippen LogP contribution in [0.25, 0.3) is 10.3 Å². The van der Waals surface area contributed by atoms with Gasteiger partial charge in [-0.2, -0.15) is 0 Å². The van der Waals surface area contributed by atoms with Crippen LogP contribution in [0.4, 0.5) is 0 Å². The quantitative estimate of drug-likeness (QED) is 0.888. The number of rotatable bonds is 3. The average molecular weight is 235 g/mol. The number of nitrogens with two attached hydrogens (primary N) is 1. The van der Waals surface area contributed by atoms with Crippen molar-refractivity contribution in [3.8, 4) is 0 Å². The molecule has 1 saturated carbocycles. The molecule has 1 aliphatic carbocycles. The Morgan fingerprint density at radius 3 is 3.00 bits per heavy atom. The predicted octanol–water partition coefficient (Wildman–Crippen LogP) is 2.28. The van der Waals surface area contributed by atoms with Crippen molar-refractivity contribution < 1.29 is 4.42 Å². The van der Waals surface area contributed by atoms with Crippen LogP contribution in [0, 0.1) is 0 Å². The van der Waals surface area contributed by atoms with Crippen LogP contribution in [0.2, 0.25) is 0 Å². The third kappa shape index (κ3) is 1.90. The predicted molar refractivity (Wildman–Crippen MR) is 64.8 cm³/mol. The second-order valence-electron chi connectivity index (χ2n) is 4.60. The van der Waals surface area contributed by atoms with Gasteiger partial charge in [-0.3, -0.25) is 0 Å². The fourth-order valence-electron chi connectivity index (χ4n) is 1.88. The Labute approximate surface area is 96.9 Å². The molecule has 84 valence electrons. The molecular formula is C12H13NO2S. The van der Waals surface area contributed by atoms with E-state index in [9.17, 15) is 4.79 Å². The van der Waals surface area contributed by atoms with Gasteiger partial charge in [-0.05, 0) is 43.4 Å². The lowest BCUT2D eigenvalue weighted by molar-refractivity contribution is 0.585. The molecule has 3 nitrogen and oxygen atoms in total. The smallest absolute Gasteiger partial charge is 0.396 e. The zero-order chi connectivity index (χ0) is 11.2. The molecule has 3 rings (SSSR count). The van der Waals surface area contributed by atoms with Gasteiger partial charge in [0.25, 0.3) is 0 Å². The number of benzene rings is 1. The summed E-state index contributed by atoms with van der Waals surface area (Å²) in [6.07, 6.45) is 4.31. The van der Waals surface area contributed by atoms with E-state index in [1.54, 1.807) is 0 Å². The lowest BCUT2D eigenvalue weighted by Crippen LogP contribution is -2.21. The molecular weight excluding hydrogens is 222 g/mol. The minimum absolute atomic E-state index is 0.0957. The van der Waals surface area contributed by atoms with E-state index in [0.29, 0.717) is 5.58 Å². The van der Waals surface area contributed by atoms with E-state index in [-0.39, 0.29) is 10.5 Å². The summed E-state index contributed by atoms with van der Waals surface area (Å²) in [6.45, 7) is 0. The van der Waals surface area contributed by atoms with E-state index >= 15 is 0 Å². The summed E-state index contributed by atoms with van der Waals surface area (Å²) in [4.78, 5) is 10.8. The first-order valence-corrected chi connectivity index (χ1v) is 6.28. The van der Waals surface area contributed by atoms with E-state index < -0.39 is 0 Å². The molecule has 4 heteroatoms. The van der Waals surface area contributed by atoms with Gasteiger partial charge in [-0.1, -0.05) is 17.4 Å². The van der Waals surface area contributed by atoms with E-state index in [2.05, 4.69) is 0 Å². The molecule has 1 aromatic heterocycles. The van der Waals surface area contributed by atoms with Crippen LogP contribution < -0.4 is 10.7 Å². The van der Waals surface area contributed by atoms with Crippen LogP contribution in [0.15, 0.2) is 27.4 Å². The zero-order valence-corrected chi connectivity index (χ0v) is 9.68. The van der Waals surface area contributed by atoms with Crippen molar-refractivity contribution in [2.24, 2.45) is 5.73 Å². The monoisotopic (exact) mass is 235 g/mol. The highest BCUT2D eigenvalue weighted by Gasteiger charge is 2.37. The van der Waals surface area contributed by atoms with Gasteiger partial charge in [0, 0.05) is 5.54 Å². The average Bonchev–Trinajstić information content (AvgIpc) is 2.87. The molecule has 1 aliphatic rings. The Morgan fingerprint density at radius 1 is 1.44 bits per heavy atom. The normalized spacial score (nSPS) is 17.8. The Hall–Kier alpha value is -1.13. The minimum atomic E-state index is -0.232. The Balaban J connectivity index is 1.84. The highest BCUT2D eigenvalue weighted by atomic mass is 32.1. The van der Waals surface area contributed by atoms with Gasteiger partial charge < -0.3 is 10.2 Å². The molecule has 0 unspecified atom stereocenters. The first-order valence-electron chi connectivity index (χ1n) is 5.46. The maximum atomic E-state index is 11.1. The molecule has 0 spiro atoms. The molecule has 0 atom stereocenters. The number of fused-ring (bicyclic) bond motifs is 1. The topological polar surface area (TPSA) is 56.2 Å². The second-order valence-corrected chi connectivity index (χ2v) is 5.57. The molecule has 1 fully saturated rings. The molecule has 0 amide bonds. The van der Waals surface area contributed by atoms with Crippen molar-refractivity contribution in [3.05, 3.63) is 33.5 Å². The lowest BCUT2D eigenvalue weighted by Gasteiger charge is -2.07. The van der Waals surface area contributed by atoms with Gasteiger partial charge in [0.15, 0.2) is 0 Å². The van der Waals surface area contributed by atoms with Gasteiger partial charge in [0.2, 0.25) is 0 Å². The first kappa shape index (κ1) is 10.1. The van der Waals surface area contributed by atoms with E-state index in [1.165, 1.54) is 5.56 Å². The Kier molecular flexibility index (Phi) is 2.16. The van der Waals surface area contributed by atoms with Crippen molar-refractivity contribution in [1.82, 2.24) is 0 Å². The largest absolute Gasteiger partial charge is 0.414 e. The molecule has 0 aliphatic heterocycles. The van der Waals surface area contributed by atoms with Crippen molar-refractivity contribution in [3.63, 3.8) is 0 Å². The van der Waals surface area contributed by atoms with Crippen LogP contribution in [-0.4, -0.2) is 5.54 Å². The van der Waals surface area contributed by atoms with Crippen molar-refractivity contribution in [1.29, 1.82) is 0 Å². The molecule has 16 heavy (non-hydrogen) atoms. The SMILES string of the molecule is NC1(CCc2ccc3oc(=O)sc3c2)CC1. The highest BCUT2D eigenvalue weighted by molar-refractivity contribution is 7.16. The van der Waals surface area contributed by atoms with Crippen LogP contribution in [-0.2, 0) is 6.42 Å². The maximum Gasteiger partial charge on any atom is 0.396 e. The molecule has 1 heterocycles. The Morgan fingerprint density at radius 2 is 2.25 bits per heavy atom. The minimum Gasteiger partial charge on any atom is -0.414 e. The maximum absolute atomic E-state index is 11.1. The fourth-order valence-corrected chi connectivity index (χ4v) is 2.61. The van der Waals surface area contributed by atoms with Crippen molar-refractivity contribution >= 4 is 21.6 Å². The summed E-state index contributed by atoms with van der Waals surface area (Å²) in [5.41, 5.74) is 8.07. The van der Waals surface area contributed by atoms with Crippen LogP contribution in [0.3, 0.4) is 0 Å². The van der Waals surface area contributed by atoms with E-state index in [1.807, 2.05) is 18.2 Å². The lowest BCUT2D eigenvalue weighted by atomic mass is 10.0. The van der Waals surface area contributed by atoms with Crippen LogP contribution >= 0.6 is 11.3 Å². The third-order valence-corrected chi connectivity index (χ3v) is 3.99. The third-order valence-electron chi connectivity index (χ3n) is 3.20. The highest BCUT2D eigenvalue weighted by Crippen LogP contribution is 2.36. The van der Waals surface area contributed by atoms with Crippen LogP contribution in [0.1, 0.15) is 24.8 Å². The summed E-state index contributed by atoms with van der Waals surface area (Å²) < 4.78 is 5.95. The Bertz CT molecular complexity index is 580. The molecule has 1 aromatic carbocycles. The molecule has 0 radical (unpaired) electrons. The summed E-state index contributed by atoms with van der Waals surface area (Å²) in [7, 11) is 0. The fraction of sp³-hybridized carbons (Fsp3) is 0.417. The van der Waals surface area contributed by atoms with Crippen molar-refractivity contribution in [2.75, 3.05) is 0 Å². The first-order chi connectivity index (χ1) is 7.65. The summed E-state index contributed by atoms with van der Waals surface area (Å²) in [5.74, 6) is 0. The van der Waals surface area contributed by atoms with Gasteiger partial charge in [-0.25, -0.2) is 4.79 Å². The number of aryl methyl sites for hydroxylation is 1. The zero-order valence-electron chi connectivity index (χ0n) is 8.86. The van der Waals surface area contributed by atoms with Gasteiger partial charge in [0.05, 0.1) is 4.70 Å². The van der Waals surface area contributed by atoms with Gasteiger partial charge in [0.1, 0.15) is 5.58 Å². The summed E-state index contributed by atoms with van der Waals surface area (Å²) in [5, 5.41) is 0. The number of hydrogen-bond donors (Lipinski definition) is 1. The van der Waals surface area contributed by atoms with Gasteiger partial charge >= 0.3 is 4.94 Å². The molecule has 2 N–H and O–H groups in total. The standard InChI is InChI=1S/C12H13NO2S/c13-12(5-6-12)4-3-8-1-2-9-10(7-8)16-11(14)15-9/h1-2,7H,3-6,13H2. The van der Waals surface area contributed by atoms with Gasteiger partial charge in [-0.15, -0.1) is 0 Å².